The molecule has 0 spiro atoms. The van der Waals surface area contributed by atoms with Crippen molar-refractivity contribution in [1.29, 1.82) is 0 Å². The van der Waals surface area contributed by atoms with E-state index < -0.39 is 10.0 Å². The highest BCUT2D eigenvalue weighted by molar-refractivity contribution is 7.90. The number of rotatable bonds is 7. The molecule has 1 aliphatic carbocycles. The van der Waals surface area contributed by atoms with Gasteiger partial charge in [-0.05, 0) is 37.3 Å². The summed E-state index contributed by atoms with van der Waals surface area (Å²) in [5, 5.41) is 4.12. The minimum absolute atomic E-state index is 0.144. The second-order valence-electron chi connectivity index (χ2n) is 7.64. The molecule has 142 valence electrons. The maximum atomic E-state index is 12.0. The van der Waals surface area contributed by atoms with Crippen molar-refractivity contribution in [3.05, 3.63) is 42.0 Å². The van der Waals surface area contributed by atoms with E-state index in [1.54, 1.807) is 0 Å². The maximum Gasteiger partial charge on any atom is 0.214 e. The molecule has 8 heteroatoms. The number of hydrogen-bond donors (Lipinski definition) is 1. The summed E-state index contributed by atoms with van der Waals surface area (Å²) in [6, 6.07) is 4.27. The molecule has 7 nitrogen and oxygen atoms in total. The number of fused-ring (bicyclic) bond motifs is 1. The summed E-state index contributed by atoms with van der Waals surface area (Å²) in [6.45, 7) is 4.20. The second kappa shape index (κ2) is 7.17. The lowest BCUT2D eigenvalue weighted by Crippen LogP contribution is -2.32. The Kier molecular flexibility index (Phi) is 4.90. The molecule has 0 amide bonds. The highest BCUT2D eigenvalue weighted by Gasteiger charge is 2.35. The number of sulfonamides is 1. The first-order valence-corrected chi connectivity index (χ1v) is 10.9. The third-order valence-electron chi connectivity index (χ3n) is 5.26. The summed E-state index contributed by atoms with van der Waals surface area (Å²) in [7, 11) is -1.15. The maximum absolute atomic E-state index is 12.0. The van der Waals surface area contributed by atoms with Crippen LogP contribution in [0.2, 0.25) is 0 Å². The molecule has 1 atom stereocenters. The van der Waals surface area contributed by atoms with Gasteiger partial charge >= 0.3 is 0 Å². The van der Waals surface area contributed by atoms with E-state index >= 15 is 0 Å². The van der Waals surface area contributed by atoms with Crippen LogP contribution in [0.25, 0.3) is 0 Å². The van der Waals surface area contributed by atoms with E-state index in [-0.39, 0.29) is 5.25 Å². The van der Waals surface area contributed by atoms with Gasteiger partial charge < -0.3 is 4.57 Å². The number of aryl methyl sites for hydroxylation is 1. The largest absolute Gasteiger partial charge is 0.350 e. The molecule has 0 bridgehead atoms. The Morgan fingerprint density at radius 1 is 1.31 bits per heavy atom. The minimum atomic E-state index is -3.09. The molecule has 0 saturated heterocycles. The Morgan fingerprint density at radius 2 is 2.15 bits per heavy atom. The van der Waals surface area contributed by atoms with Crippen LogP contribution in [-0.2, 0) is 36.7 Å². The van der Waals surface area contributed by atoms with Crippen LogP contribution in [-0.4, -0.2) is 46.0 Å². The van der Waals surface area contributed by atoms with Crippen molar-refractivity contribution in [2.75, 3.05) is 13.1 Å². The van der Waals surface area contributed by atoms with E-state index in [2.05, 4.69) is 43.8 Å². The van der Waals surface area contributed by atoms with Crippen LogP contribution in [0.3, 0.4) is 0 Å². The fourth-order valence-electron chi connectivity index (χ4n) is 3.78. The molecule has 1 aliphatic heterocycles. The van der Waals surface area contributed by atoms with E-state index in [1.165, 1.54) is 11.3 Å². The fraction of sp³-hybridized carbons (Fsp3) is 0.611. The SMILES string of the molecule is Cn1cc(CN2Cc3cccn3C[C@H](CCNS(=O)(=O)C3CC3)C2)cn1. The zero-order valence-corrected chi connectivity index (χ0v) is 16.0. The molecule has 4 rings (SSSR count). The smallest absolute Gasteiger partial charge is 0.214 e. The molecule has 2 aromatic rings. The van der Waals surface area contributed by atoms with Gasteiger partial charge in [-0.15, -0.1) is 0 Å². The number of aromatic nitrogens is 3. The molecule has 1 N–H and O–H groups in total. The minimum Gasteiger partial charge on any atom is -0.350 e. The summed E-state index contributed by atoms with van der Waals surface area (Å²) in [6.07, 6.45) is 8.58. The third-order valence-corrected chi connectivity index (χ3v) is 7.22. The van der Waals surface area contributed by atoms with Crippen molar-refractivity contribution in [2.45, 2.75) is 44.1 Å². The highest BCUT2D eigenvalue weighted by Crippen LogP contribution is 2.27. The molecule has 26 heavy (non-hydrogen) atoms. The van der Waals surface area contributed by atoms with Gasteiger partial charge in [0.25, 0.3) is 0 Å². The van der Waals surface area contributed by atoms with Crippen LogP contribution in [0.15, 0.2) is 30.7 Å². The van der Waals surface area contributed by atoms with Crippen molar-refractivity contribution >= 4 is 10.0 Å². The van der Waals surface area contributed by atoms with E-state index in [0.29, 0.717) is 12.5 Å². The monoisotopic (exact) mass is 377 g/mol. The van der Waals surface area contributed by atoms with Crippen molar-refractivity contribution in [1.82, 2.24) is 24.0 Å². The van der Waals surface area contributed by atoms with E-state index in [4.69, 9.17) is 0 Å². The van der Waals surface area contributed by atoms with Crippen molar-refractivity contribution in [3.8, 4) is 0 Å². The number of hydrogen-bond acceptors (Lipinski definition) is 4. The Balaban J connectivity index is 1.40. The van der Waals surface area contributed by atoms with Gasteiger partial charge in [0.2, 0.25) is 10.0 Å². The van der Waals surface area contributed by atoms with E-state index in [0.717, 1.165) is 45.4 Å². The molecule has 0 aromatic carbocycles. The predicted molar refractivity (Wildman–Crippen MR) is 99.8 cm³/mol. The van der Waals surface area contributed by atoms with E-state index in [1.807, 2.05) is 17.9 Å². The van der Waals surface area contributed by atoms with Gasteiger partial charge in [0, 0.05) is 63.4 Å². The fourth-order valence-corrected chi connectivity index (χ4v) is 5.18. The second-order valence-corrected chi connectivity index (χ2v) is 9.68. The molecule has 1 saturated carbocycles. The van der Waals surface area contributed by atoms with Crippen LogP contribution in [0.4, 0.5) is 0 Å². The van der Waals surface area contributed by atoms with Crippen LogP contribution < -0.4 is 4.72 Å². The average molecular weight is 378 g/mol. The Morgan fingerprint density at radius 3 is 2.88 bits per heavy atom. The molecule has 2 aliphatic rings. The summed E-state index contributed by atoms with van der Waals surface area (Å²) in [4.78, 5) is 2.44. The highest BCUT2D eigenvalue weighted by atomic mass is 32.2. The summed E-state index contributed by atoms with van der Waals surface area (Å²) in [5.41, 5.74) is 2.52. The lowest BCUT2D eigenvalue weighted by molar-refractivity contribution is 0.216. The first-order chi connectivity index (χ1) is 12.5. The summed E-state index contributed by atoms with van der Waals surface area (Å²) < 4.78 is 31.0. The van der Waals surface area contributed by atoms with Crippen molar-refractivity contribution < 1.29 is 8.42 Å². The zero-order chi connectivity index (χ0) is 18.1. The Labute approximate surface area is 155 Å². The van der Waals surface area contributed by atoms with E-state index in [9.17, 15) is 8.42 Å². The Hall–Kier alpha value is -1.64. The van der Waals surface area contributed by atoms with Crippen molar-refractivity contribution in [2.24, 2.45) is 13.0 Å². The zero-order valence-electron chi connectivity index (χ0n) is 15.2. The topological polar surface area (TPSA) is 72.2 Å². The number of nitrogens with one attached hydrogen (secondary N) is 1. The molecule has 3 heterocycles. The van der Waals surface area contributed by atoms with Crippen LogP contribution in [0.1, 0.15) is 30.5 Å². The Bertz CT molecular complexity index is 853. The molecular formula is C18H27N5O2S. The van der Waals surface area contributed by atoms with Crippen molar-refractivity contribution in [3.63, 3.8) is 0 Å². The first kappa shape index (κ1) is 17.8. The molecule has 2 aromatic heterocycles. The van der Waals surface area contributed by atoms with Crippen LogP contribution in [0.5, 0.6) is 0 Å². The molecule has 1 fully saturated rings. The van der Waals surface area contributed by atoms with Gasteiger partial charge in [0.1, 0.15) is 0 Å². The van der Waals surface area contributed by atoms with Gasteiger partial charge in [-0.2, -0.15) is 5.10 Å². The van der Waals surface area contributed by atoms with Gasteiger partial charge in [0.15, 0.2) is 0 Å². The van der Waals surface area contributed by atoms with Crippen LogP contribution >= 0.6 is 0 Å². The quantitative estimate of drug-likeness (QED) is 0.790. The standard InChI is InChI=1S/C18H27N5O2S/c1-21-10-16(9-19-21)12-22-11-15(13-23-8-2-3-17(23)14-22)6-7-20-26(24,25)18-4-5-18/h2-3,8-10,15,18,20H,4-7,11-14H2,1H3/t15-/m1/s1. The van der Waals surface area contributed by atoms with Gasteiger partial charge in [0.05, 0.1) is 11.4 Å². The van der Waals surface area contributed by atoms with Gasteiger partial charge in [-0.25, -0.2) is 13.1 Å². The first-order valence-electron chi connectivity index (χ1n) is 9.32. The van der Waals surface area contributed by atoms with Gasteiger partial charge in [-0.3, -0.25) is 9.58 Å². The normalized spacial score (nSPS) is 21.5. The molecular weight excluding hydrogens is 350 g/mol. The molecule has 0 radical (unpaired) electrons. The van der Waals surface area contributed by atoms with Gasteiger partial charge in [-0.1, -0.05) is 0 Å². The summed E-state index contributed by atoms with van der Waals surface area (Å²) in [5.74, 6) is 0.419. The molecule has 0 unspecified atom stereocenters. The average Bonchev–Trinajstić information content (AvgIpc) is 3.29. The lowest BCUT2D eigenvalue weighted by atomic mass is 10.1. The third kappa shape index (κ3) is 4.19. The predicted octanol–water partition coefficient (Wildman–Crippen LogP) is 1.33. The van der Waals surface area contributed by atoms with Crippen LogP contribution in [0, 0.1) is 5.92 Å². The number of nitrogens with zero attached hydrogens (tertiary/aromatic N) is 4. The summed E-state index contributed by atoms with van der Waals surface area (Å²) >= 11 is 0. The lowest BCUT2D eigenvalue weighted by Gasteiger charge is -2.23.